The Balaban J connectivity index is 1.53. The van der Waals surface area contributed by atoms with Gasteiger partial charge in [-0.15, -0.1) is 0 Å². The number of halogens is 1. The molecule has 1 aromatic carbocycles. The van der Waals surface area contributed by atoms with Gasteiger partial charge in [-0.25, -0.2) is 4.39 Å². The van der Waals surface area contributed by atoms with E-state index in [1.165, 1.54) is 11.2 Å². The summed E-state index contributed by atoms with van der Waals surface area (Å²) in [7, 11) is 0. The van der Waals surface area contributed by atoms with Gasteiger partial charge >= 0.3 is 0 Å². The predicted molar refractivity (Wildman–Crippen MR) is 131 cm³/mol. The molecule has 3 aliphatic rings. The van der Waals surface area contributed by atoms with Crippen LogP contribution in [0.25, 0.3) is 0 Å². The molecule has 4 rings (SSSR count). The zero-order valence-electron chi connectivity index (χ0n) is 20.9. The second-order valence-corrected chi connectivity index (χ2v) is 9.17. The van der Waals surface area contributed by atoms with Crippen molar-refractivity contribution in [2.45, 2.75) is 39.0 Å². The van der Waals surface area contributed by atoms with E-state index in [1.807, 2.05) is 4.90 Å². The molecular weight excluding hydrogens is 501 g/mol. The van der Waals surface area contributed by atoms with Crippen molar-refractivity contribution in [2.75, 3.05) is 32.8 Å². The van der Waals surface area contributed by atoms with Gasteiger partial charge < -0.3 is 29.7 Å². The van der Waals surface area contributed by atoms with Crippen molar-refractivity contribution in [2.24, 2.45) is 0 Å². The summed E-state index contributed by atoms with van der Waals surface area (Å²) >= 11 is 0. The summed E-state index contributed by atoms with van der Waals surface area (Å²) in [5, 5.41) is 33.6. The van der Waals surface area contributed by atoms with E-state index in [0.717, 1.165) is 0 Å². The maximum absolute atomic E-state index is 15.0. The van der Waals surface area contributed by atoms with E-state index in [4.69, 9.17) is 9.47 Å². The van der Waals surface area contributed by atoms with Crippen LogP contribution in [0.15, 0.2) is 35.6 Å². The summed E-state index contributed by atoms with van der Waals surface area (Å²) < 4.78 is 25.8. The molecule has 0 saturated carbocycles. The summed E-state index contributed by atoms with van der Waals surface area (Å²) in [6.45, 7) is 3.22. The van der Waals surface area contributed by atoms with Crippen LogP contribution in [0.1, 0.15) is 30.9 Å². The third kappa shape index (κ3) is 5.50. The maximum atomic E-state index is 15.0. The highest BCUT2D eigenvalue weighted by Gasteiger charge is 2.40. The second-order valence-electron chi connectivity index (χ2n) is 9.17. The molecule has 3 heterocycles. The lowest BCUT2D eigenvalue weighted by atomic mass is 10.0. The van der Waals surface area contributed by atoms with Gasteiger partial charge in [0.1, 0.15) is 12.6 Å². The fourth-order valence-corrected chi connectivity index (χ4v) is 4.60. The normalized spacial score (nSPS) is 23.2. The van der Waals surface area contributed by atoms with Crippen molar-refractivity contribution in [3.63, 3.8) is 0 Å². The number of piperidine rings is 1. The van der Waals surface area contributed by atoms with Crippen LogP contribution in [0, 0.1) is 5.82 Å². The standard InChI is InChI=1S/C26H30FN3O8/c1-2-3-4-16-15(11-30(26(16)36)19-5-6-20(31)28-25(19)35)13-38-14-18-21(27)22(32)17(23(33)24(18)34)12-29-7-9-37-10-8-29/h2-4,13,19,32-34H,5-12,14H2,1H3,(H,28,31,35)/b3-2-,15-13+,16-4+. The maximum Gasteiger partial charge on any atom is 0.255 e. The lowest BCUT2D eigenvalue weighted by Crippen LogP contribution is -2.52. The third-order valence-corrected chi connectivity index (χ3v) is 6.71. The van der Waals surface area contributed by atoms with Gasteiger partial charge in [0, 0.05) is 37.2 Å². The minimum atomic E-state index is -1.13. The molecule has 3 aliphatic heterocycles. The highest BCUT2D eigenvalue weighted by molar-refractivity contribution is 6.06. The Kier molecular flexibility index (Phi) is 8.32. The molecule has 0 aromatic heterocycles. The number of aromatic hydroxyl groups is 3. The summed E-state index contributed by atoms with van der Waals surface area (Å²) in [5.41, 5.74) is 0.0638. The highest BCUT2D eigenvalue weighted by Crippen LogP contribution is 2.42. The van der Waals surface area contributed by atoms with Gasteiger partial charge in [0.15, 0.2) is 23.1 Å². The van der Waals surface area contributed by atoms with Gasteiger partial charge in [0.05, 0.1) is 37.1 Å². The number of rotatable bonds is 7. The van der Waals surface area contributed by atoms with Crippen LogP contribution in [-0.2, 0) is 37.0 Å². The lowest BCUT2D eigenvalue weighted by molar-refractivity contribution is -0.142. The van der Waals surface area contributed by atoms with E-state index >= 15 is 4.39 Å². The number of imide groups is 1. The molecule has 3 fully saturated rings. The number of morpholine rings is 1. The monoisotopic (exact) mass is 531 g/mol. The number of allylic oxidation sites excluding steroid dienone is 3. The molecule has 0 radical (unpaired) electrons. The number of benzene rings is 1. The average Bonchev–Trinajstić information content (AvgIpc) is 3.21. The smallest absolute Gasteiger partial charge is 0.255 e. The Labute approximate surface area is 218 Å². The number of phenols is 3. The Hall–Kier alpha value is -3.90. The topological polar surface area (TPSA) is 149 Å². The summed E-state index contributed by atoms with van der Waals surface area (Å²) in [4.78, 5) is 40.1. The molecule has 1 unspecified atom stereocenters. The number of nitrogens with zero attached hydrogens (tertiary/aromatic N) is 2. The molecular formula is C26H30FN3O8. The molecule has 11 nitrogen and oxygen atoms in total. The SMILES string of the molecule is C\C=C/C=C1/C(=O)N(C2CCC(=O)NC2=O)C/C1=C\OCc1c(O)c(O)c(CN2CCOCC2)c(O)c1F. The number of ether oxygens (including phenoxy) is 2. The van der Waals surface area contributed by atoms with Gasteiger partial charge in [-0.3, -0.25) is 24.6 Å². The van der Waals surface area contributed by atoms with E-state index < -0.39 is 59.0 Å². The molecule has 38 heavy (non-hydrogen) atoms. The van der Waals surface area contributed by atoms with Crippen LogP contribution >= 0.6 is 0 Å². The Morgan fingerprint density at radius 3 is 2.50 bits per heavy atom. The number of hydrogen-bond donors (Lipinski definition) is 4. The van der Waals surface area contributed by atoms with Crippen molar-refractivity contribution in [1.29, 1.82) is 0 Å². The zero-order valence-corrected chi connectivity index (χ0v) is 20.9. The molecule has 4 N–H and O–H groups in total. The quantitative estimate of drug-likeness (QED) is 0.134. The molecule has 0 spiro atoms. The number of nitrogens with one attached hydrogen (secondary N) is 1. The van der Waals surface area contributed by atoms with Gasteiger partial charge in [-0.2, -0.15) is 0 Å². The van der Waals surface area contributed by atoms with Gasteiger partial charge in [0.2, 0.25) is 11.8 Å². The first-order valence-corrected chi connectivity index (χ1v) is 12.3. The predicted octanol–water partition coefficient (Wildman–Crippen LogP) is 1.33. The Bertz CT molecular complexity index is 1190. The molecule has 3 saturated heterocycles. The molecule has 1 atom stereocenters. The minimum Gasteiger partial charge on any atom is -0.504 e. The average molecular weight is 532 g/mol. The van der Waals surface area contributed by atoms with E-state index in [-0.39, 0.29) is 37.1 Å². The summed E-state index contributed by atoms with van der Waals surface area (Å²) in [6, 6.07) is -0.825. The number of phenolic OH excluding ortho intramolecular Hbond substituents is 3. The van der Waals surface area contributed by atoms with Gasteiger partial charge in [0.25, 0.3) is 5.91 Å². The molecule has 204 valence electrons. The van der Waals surface area contributed by atoms with E-state index in [2.05, 4.69) is 5.32 Å². The largest absolute Gasteiger partial charge is 0.504 e. The van der Waals surface area contributed by atoms with Crippen LogP contribution in [0.2, 0.25) is 0 Å². The van der Waals surface area contributed by atoms with Crippen molar-refractivity contribution < 1.29 is 43.6 Å². The van der Waals surface area contributed by atoms with E-state index in [9.17, 15) is 29.7 Å². The molecule has 1 aromatic rings. The number of hydrogen-bond acceptors (Lipinski definition) is 9. The Morgan fingerprint density at radius 2 is 1.82 bits per heavy atom. The minimum absolute atomic E-state index is 0.0119. The van der Waals surface area contributed by atoms with Crippen LogP contribution in [0.3, 0.4) is 0 Å². The van der Waals surface area contributed by atoms with Crippen molar-refractivity contribution in [3.05, 3.63) is 52.6 Å². The van der Waals surface area contributed by atoms with Crippen LogP contribution in [0.5, 0.6) is 17.2 Å². The number of carbonyl (C=O) groups is 3. The zero-order chi connectivity index (χ0) is 27.4. The summed E-state index contributed by atoms with van der Waals surface area (Å²) in [5.74, 6) is -4.69. The molecule has 0 aliphatic carbocycles. The van der Waals surface area contributed by atoms with E-state index in [0.29, 0.717) is 31.9 Å². The first-order chi connectivity index (χ1) is 18.2. The molecule has 12 heteroatoms. The number of carbonyl (C=O) groups excluding carboxylic acids is 3. The Morgan fingerprint density at radius 1 is 1.11 bits per heavy atom. The van der Waals surface area contributed by atoms with Gasteiger partial charge in [-0.05, 0) is 19.4 Å². The van der Waals surface area contributed by atoms with Crippen LogP contribution in [-0.4, -0.2) is 81.7 Å². The van der Waals surface area contributed by atoms with Crippen LogP contribution < -0.4 is 5.32 Å². The molecule has 3 amide bonds. The lowest BCUT2D eigenvalue weighted by Gasteiger charge is -2.28. The first-order valence-electron chi connectivity index (χ1n) is 12.3. The number of likely N-dealkylation sites (tertiary alicyclic amines) is 1. The van der Waals surface area contributed by atoms with E-state index in [1.54, 1.807) is 25.2 Å². The van der Waals surface area contributed by atoms with Crippen molar-refractivity contribution >= 4 is 17.7 Å². The first kappa shape index (κ1) is 27.1. The fraction of sp³-hybridized carbons (Fsp3) is 0.423. The highest BCUT2D eigenvalue weighted by atomic mass is 19.1. The van der Waals surface area contributed by atoms with Crippen LogP contribution in [0.4, 0.5) is 4.39 Å². The van der Waals surface area contributed by atoms with Gasteiger partial charge in [-0.1, -0.05) is 12.2 Å². The number of amides is 3. The second kappa shape index (κ2) is 11.7. The summed E-state index contributed by atoms with van der Waals surface area (Å²) in [6.07, 6.45) is 6.43. The molecule has 0 bridgehead atoms. The fourth-order valence-electron chi connectivity index (χ4n) is 4.60. The van der Waals surface area contributed by atoms with Crippen molar-refractivity contribution in [3.8, 4) is 17.2 Å². The van der Waals surface area contributed by atoms with Crippen molar-refractivity contribution in [1.82, 2.24) is 15.1 Å². The third-order valence-electron chi connectivity index (χ3n) is 6.71.